The quantitative estimate of drug-likeness (QED) is 0.392. The van der Waals surface area contributed by atoms with Crippen LogP contribution in [0.25, 0.3) is 10.8 Å². The largest absolute Gasteiger partial charge is 0.326 e. The summed E-state index contributed by atoms with van der Waals surface area (Å²) in [4.78, 5) is 12.3. The van der Waals surface area contributed by atoms with E-state index in [0.29, 0.717) is 12.1 Å². The zero-order valence-corrected chi connectivity index (χ0v) is 13.1. The van der Waals surface area contributed by atoms with E-state index in [0.717, 1.165) is 27.6 Å². The standard InChI is InChI=1S/C19H18N4O/c20-11-13-1-4-15(5-2-13)19(24)23-18-8-7-16-9-14(12-22-21)3-6-17(16)10-18/h1-10,12H,11,20-21H2,(H,23,24). The van der Waals surface area contributed by atoms with Gasteiger partial charge in [0.1, 0.15) is 0 Å². The summed E-state index contributed by atoms with van der Waals surface area (Å²) in [5, 5.41) is 8.52. The van der Waals surface area contributed by atoms with Gasteiger partial charge in [0.25, 0.3) is 5.91 Å². The minimum Gasteiger partial charge on any atom is -0.326 e. The molecule has 0 aliphatic rings. The SMILES string of the molecule is NCc1ccc(C(=O)Nc2ccc3cc(C=NN)ccc3c2)cc1. The van der Waals surface area contributed by atoms with E-state index in [1.54, 1.807) is 18.3 Å². The normalized spacial score (nSPS) is 11.0. The number of fused-ring (bicyclic) bond motifs is 1. The molecule has 3 rings (SSSR count). The first-order valence-electron chi connectivity index (χ1n) is 7.57. The highest BCUT2D eigenvalue weighted by Gasteiger charge is 2.06. The third-order valence-corrected chi connectivity index (χ3v) is 3.80. The van der Waals surface area contributed by atoms with Crippen LogP contribution in [0.15, 0.2) is 65.8 Å². The molecule has 24 heavy (non-hydrogen) atoms. The molecule has 0 fully saturated rings. The van der Waals surface area contributed by atoms with Crippen LogP contribution in [0.5, 0.6) is 0 Å². The zero-order valence-electron chi connectivity index (χ0n) is 13.1. The van der Waals surface area contributed by atoms with Gasteiger partial charge in [-0.25, -0.2) is 0 Å². The fourth-order valence-corrected chi connectivity index (χ4v) is 2.50. The summed E-state index contributed by atoms with van der Waals surface area (Å²) in [5.41, 5.74) is 8.84. The number of nitrogens with one attached hydrogen (secondary N) is 1. The maximum atomic E-state index is 12.3. The number of nitrogens with zero attached hydrogens (tertiary/aromatic N) is 1. The molecule has 0 atom stereocenters. The summed E-state index contributed by atoms with van der Waals surface area (Å²) in [5.74, 6) is 5.02. The molecule has 120 valence electrons. The molecule has 0 saturated heterocycles. The van der Waals surface area contributed by atoms with Crippen molar-refractivity contribution in [2.75, 3.05) is 5.32 Å². The first-order valence-corrected chi connectivity index (χ1v) is 7.57. The Kier molecular flexibility index (Phi) is 4.54. The monoisotopic (exact) mass is 318 g/mol. The summed E-state index contributed by atoms with van der Waals surface area (Å²) in [6.07, 6.45) is 1.60. The molecule has 0 spiro atoms. The first-order chi connectivity index (χ1) is 11.7. The molecule has 0 saturated carbocycles. The van der Waals surface area contributed by atoms with E-state index >= 15 is 0 Å². The predicted octanol–water partition coefficient (Wildman–Crippen LogP) is 2.84. The van der Waals surface area contributed by atoms with Crippen LogP contribution in [0.3, 0.4) is 0 Å². The number of rotatable bonds is 4. The Morgan fingerprint density at radius 1 is 1.00 bits per heavy atom. The Hall–Kier alpha value is -3.18. The van der Waals surface area contributed by atoms with Crippen molar-refractivity contribution >= 4 is 28.6 Å². The van der Waals surface area contributed by atoms with Crippen molar-refractivity contribution in [3.8, 4) is 0 Å². The lowest BCUT2D eigenvalue weighted by Crippen LogP contribution is -2.12. The van der Waals surface area contributed by atoms with Crippen molar-refractivity contribution in [2.24, 2.45) is 16.7 Å². The lowest BCUT2D eigenvalue weighted by molar-refractivity contribution is 0.102. The average Bonchev–Trinajstić information content (AvgIpc) is 2.62. The van der Waals surface area contributed by atoms with Gasteiger partial charge in [-0.1, -0.05) is 30.3 Å². The molecule has 0 aliphatic carbocycles. The highest BCUT2D eigenvalue weighted by molar-refractivity contribution is 6.05. The maximum Gasteiger partial charge on any atom is 0.255 e. The first kappa shape index (κ1) is 15.7. The number of benzene rings is 3. The Morgan fingerprint density at radius 3 is 2.42 bits per heavy atom. The maximum absolute atomic E-state index is 12.3. The lowest BCUT2D eigenvalue weighted by atomic mass is 10.1. The number of carbonyl (C=O) groups excluding carboxylic acids is 1. The molecular weight excluding hydrogens is 300 g/mol. The summed E-state index contributed by atoms with van der Waals surface area (Å²) in [6, 6.07) is 18.9. The number of nitrogens with two attached hydrogens (primary N) is 2. The number of carbonyl (C=O) groups is 1. The van der Waals surface area contributed by atoms with Gasteiger partial charge in [0, 0.05) is 17.8 Å². The van der Waals surface area contributed by atoms with Gasteiger partial charge < -0.3 is 16.9 Å². The second kappa shape index (κ2) is 6.93. The molecule has 5 nitrogen and oxygen atoms in total. The fraction of sp³-hybridized carbons (Fsp3) is 0.0526. The van der Waals surface area contributed by atoms with Gasteiger partial charge in [-0.3, -0.25) is 4.79 Å². The average molecular weight is 318 g/mol. The van der Waals surface area contributed by atoms with Gasteiger partial charge in [-0.2, -0.15) is 5.10 Å². The minimum atomic E-state index is -0.148. The molecule has 1 amide bonds. The summed E-state index contributed by atoms with van der Waals surface area (Å²) in [7, 11) is 0. The number of amides is 1. The van der Waals surface area contributed by atoms with Crippen molar-refractivity contribution in [1.29, 1.82) is 0 Å². The third kappa shape index (κ3) is 3.42. The van der Waals surface area contributed by atoms with Gasteiger partial charge in [0.05, 0.1) is 6.21 Å². The molecule has 0 aliphatic heterocycles. The Balaban J connectivity index is 1.81. The highest BCUT2D eigenvalue weighted by atomic mass is 16.1. The minimum absolute atomic E-state index is 0.148. The van der Waals surface area contributed by atoms with E-state index in [-0.39, 0.29) is 5.91 Å². The van der Waals surface area contributed by atoms with Crippen molar-refractivity contribution in [3.05, 3.63) is 77.4 Å². The van der Waals surface area contributed by atoms with E-state index < -0.39 is 0 Å². The second-order valence-electron chi connectivity index (χ2n) is 5.45. The summed E-state index contributed by atoms with van der Waals surface area (Å²) >= 11 is 0. The Morgan fingerprint density at radius 2 is 1.71 bits per heavy atom. The van der Waals surface area contributed by atoms with Crippen LogP contribution in [0.2, 0.25) is 0 Å². The summed E-state index contributed by atoms with van der Waals surface area (Å²) < 4.78 is 0. The fourth-order valence-electron chi connectivity index (χ4n) is 2.50. The molecule has 0 bridgehead atoms. The molecule has 0 aromatic heterocycles. The molecule has 0 radical (unpaired) electrons. The van der Waals surface area contributed by atoms with Crippen LogP contribution in [0.1, 0.15) is 21.5 Å². The molecule has 0 heterocycles. The van der Waals surface area contributed by atoms with Crippen LogP contribution in [-0.2, 0) is 6.54 Å². The third-order valence-electron chi connectivity index (χ3n) is 3.80. The molecular formula is C19H18N4O. The van der Waals surface area contributed by atoms with E-state index in [4.69, 9.17) is 11.6 Å². The van der Waals surface area contributed by atoms with E-state index in [9.17, 15) is 4.79 Å². The Bertz CT molecular complexity index is 901. The van der Waals surface area contributed by atoms with Crippen LogP contribution in [0, 0.1) is 0 Å². The van der Waals surface area contributed by atoms with Gasteiger partial charge >= 0.3 is 0 Å². The Labute approximate surface area is 140 Å². The molecule has 5 heteroatoms. The lowest BCUT2D eigenvalue weighted by Gasteiger charge is -2.08. The predicted molar refractivity (Wildman–Crippen MR) is 98.0 cm³/mol. The summed E-state index contributed by atoms with van der Waals surface area (Å²) in [6.45, 7) is 0.462. The van der Waals surface area contributed by atoms with E-state index in [2.05, 4.69) is 10.4 Å². The molecule has 0 unspecified atom stereocenters. The highest BCUT2D eigenvalue weighted by Crippen LogP contribution is 2.21. The smallest absolute Gasteiger partial charge is 0.255 e. The second-order valence-corrected chi connectivity index (χ2v) is 5.45. The molecule has 3 aromatic rings. The van der Waals surface area contributed by atoms with Gasteiger partial charge in [0.2, 0.25) is 0 Å². The zero-order chi connectivity index (χ0) is 16.9. The van der Waals surface area contributed by atoms with Gasteiger partial charge in [0.15, 0.2) is 0 Å². The molecule has 3 aromatic carbocycles. The van der Waals surface area contributed by atoms with E-state index in [1.807, 2.05) is 48.5 Å². The van der Waals surface area contributed by atoms with Crippen molar-refractivity contribution in [1.82, 2.24) is 0 Å². The van der Waals surface area contributed by atoms with Gasteiger partial charge in [-0.05, 0) is 52.2 Å². The number of hydrogen-bond donors (Lipinski definition) is 3. The van der Waals surface area contributed by atoms with Gasteiger partial charge in [-0.15, -0.1) is 0 Å². The topological polar surface area (TPSA) is 93.5 Å². The van der Waals surface area contributed by atoms with Crippen LogP contribution >= 0.6 is 0 Å². The number of anilines is 1. The van der Waals surface area contributed by atoms with Crippen molar-refractivity contribution in [3.63, 3.8) is 0 Å². The molecule has 5 N–H and O–H groups in total. The van der Waals surface area contributed by atoms with Crippen molar-refractivity contribution < 1.29 is 4.79 Å². The van der Waals surface area contributed by atoms with Crippen molar-refractivity contribution in [2.45, 2.75) is 6.54 Å². The van der Waals surface area contributed by atoms with E-state index in [1.165, 1.54) is 0 Å². The number of hydrogen-bond acceptors (Lipinski definition) is 4. The van der Waals surface area contributed by atoms with Crippen LogP contribution in [-0.4, -0.2) is 12.1 Å². The van der Waals surface area contributed by atoms with Crippen LogP contribution in [0.4, 0.5) is 5.69 Å². The van der Waals surface area contributed by atoms with Crippen LogP contribution < -0.4 is 16.9 Å². The number of hydrazone groups is 1.